The van der Waals surface area contributed by atoms with Crippen molar-refractivity contribution in [2.75, 3.05) is 120 Å². The van der Waals surface area contributed by atoms with Crippen molar-refractivity contribution in [3.8, 4) is 103 Å². The summed E-state index contributed by atoms with van der Waals surface area (Å²) in [6, 6.07) is 53.8. The van der Waals surface area contributed by atoms with Crippen LogP contribution in [-0.4, -0.2) is 246 Å². The predicted octanol–water partition coefficient (Wildman–Crippen LogP) is 17.0. The molecule has 0 bridgehead atoms. The van der Waals surface area contributed by atoms with E-state index in [0.29, 0.717) is 136 Å². The molecule has 35 nitrogen and oxygen atoms in total. The van der Waals surface area contributed by atoms with Gasteiger partial charge >= 0.3 is 24.0 Å². The minimum Gasteiger partial charge on any atom is -0.505 e. The fourth-order valence-corrected chi connectivity index (χ4v) is 16.1. The van der Waals surface area contributed by atoms with Gasteiger partial charge < -0.3 is 72.7 Å². The summed E-state index contributed by atoms with van der Waals surface area (Å²) in [4.78, 5) is 111. The third-order valence-electron chi connectivity index (χ3n) is 24.5. The number of hydrogen-bond donors (Lipinski definition) is 4. The second kappa shape index (κ2) is 59.0. The summed E-state index contributed by atoms with van der Waals surface area (Å²) in [7, 11) is 6.99. The molecule has 11 heterocycles. The molecular formula is C113H135N17O18. The molecule has 0 radical (unpaired) electrons. The largest absolute Gasteiger partial charge is 0.505 e. The van der Waals surface area contributed by atoms with E-state index in [1.807, 2.05) is 114 Å². The van der Waals surface area contributed by atoms with Crippen LogP contribution in [0.2, 0.25) is 0 Å². The molecule has 5 saturated heterocycles. The van der Waals surface area contributed by atoms with Gasteiger partial charge in [0.2, 0.25) is 0 Å². The summed E-state index contributed by atoms with van der Waals surface area (Å²) < 4.78 is 49.1. The smallest absolute Gasteiger partial charge is 0.410 e. The van der Waals surface area contributed by atoms with Gasteiger partial charge in [0.25, 0.3) is 11.1 Å². The molecule has 1 amide bonds. The number of nitriles is 2. The van der Waals surface area contributed by atoms with Crippen molar-refractivity contribution in [3.63, 3.8) is 0 Å². The molecule has 1 aliphatic carbocycles. The molecule has 6 aromatic heterocycles. The number of nitrogens with zero attached hydrogens (tertiary/aromatic N) is 16. The van der Waals surface area contributed by atoms with Crippen molar-refractivity contribution in [3.05, 3.63) is 274 Å². The maximum Gasteiger partial charge on any atom is 0.410 e. The predicted molar refractivity (Wildman–Crippen MR) is 559 cm³/mol. The third kappa shape index (κ3) is 38.8. The Labute approximate surface area is 864 Å². The maximum absolute atomic E-state index is 12.5. The number of amides is 1. The molecule has 6 aliphatic rings. The van der Waals surface area contributed by atoms with Crippen LogP contribution in [0.3, 0.4) is 0 Å². The number of aliphatic hydroxyl groups is 2. The minimum atomic E-state index is -0.441. The van der Waals surface area contributed by atoms with Crippen LogP contribution in [0.1, 0.15) is 174 Å². The molecule has 0 spiro atoms. The minimum absolute atomic E-state index is 0.00197. The molecule has 6 aromatic carbocycles. The van der Waals surface area contributed by atoms with E-state index in [2.05, 4.69) is 89.9 Å². The zero-order valence-electron chi connectivity index (χ0n) is 86.0. The van der Waals surface area contributed by atoms with Crippen LogP contribution >= 0.6 is 0 Å². The first-order valence-corrected chi connectivity index (χ1v) is 50.0. The van der Waals surface area contributed by atoms with Gasteiger partial charge in [-0.3, -0.25) is 14.4 Å². The number of aromatic hydroxyl groups is 1. The van der Waals surface area contributed by atoms with Crippen LogP contribution in [0, 0.1) is 52.3 Å². The molecular weight excluding hydrogens is 1880 g/mol. The van der Waals surface area contributed by atoms with Crippen molar-refractivity contribution in [1.82, 2.24) is 74.5 Å². The van der Waals surface area contributed by atoms with E-state index in [1.165, 1.54) is 82.0 Å². The molecule has 5 aliphatic heterocycles. The molecule has 148 heavy (non-hydrogen) atoms. The van der Waals surface area contributed by atoms with E-state index in [9.17, 15) is 39.1 Å². The lowest BCUT2D eigenvalue weighted by Gasteiger charge is -2.32. The van der Waals surface area contributed by atoms with E-state index >= 15 is 0 Å². The molecule has 12 aromatic rings. The number of piperidine rings is 3. The number of ether oxygens (including phenoxy) is 9. The average Bonchev–Trinajstić information content (AvgIpc) is 0.971. The molecule has 18 rings (SSSR count). The summed E-state index contributed by atoms with van der Waals surface area (Å²) in [6.45, 7) is 23.7. The quantitative estimate of drug-likeness (QED) is 0.0361. The van der Waals surface area contributed by atoms with Gasteiger partial charge in [-0.25, -0.2) is 64.0 Å². The number of rotatable bonds is 22. The van der Waals surface area contributed by atoms with Crippen molar-refractivity contribution >= 4 is 24.0 Å². The highest BCUT2D eigenvalue weighted by Gasteiger charge is 2.32. The highest BCUT2D eigenvalue weighted by Crippen LogP contribution is 2.33. The summed E-state index contributed by atoms with van der Waals surface area (Å²) in [5.41, 5.74) is 8.49. The lowest BCUT2D eigenvalue weighted by Crippen LogP contribution is -2.42. The normalized spacial score (nSPS) is 15.7. The van der Waals surface area contributed by atoms with Crippen LogP contribution in [-0.2, 0) is 46.4 Å². The number of carbonyl (C=O) groups excluding carboxylic acids is 4. The van der Waals surface area contributed by atoms with Gasteiger partial charge in [-0.15, -0.1) is 0 Å². The van der Waals surface area contributed by atoms with Gasteiger partial charge in [0, 0.05) is 91.6 Å². The van der Waals surface area contributed by atoms with E-state index in [4.69, 9.17) is 53.4 Å². The number of methoxy groups -OCH3 is 2. The van der Waals surface area contributed by atoms with Gasteiger partial charge in [-0.2, -0.15) is 20.7 Å². The lowest BCUT2D eigenvalue weighted by molar-refractivity contribution is -0.161. The highest BCUT2D eigenvalue weighted by molar-refractivity contribution is 5.91. The van der Waals surface area contributed by atoms with Crippen LogP contribution in [0.25, 0.3) is 68.1 Å². The monoisotopic (exact) mass is 2020 g/mol. The number of esters is 3. The Balaban J connectivity index is 0.000000170. The van der Waals surface area contributed by atoms with Gasteiger partial charge in [0.05, 0.1) is 148 Å². The Hall–Kier alpha value is -15.0. The second-order valence-electron chi connectivity index (χ2n) is 38.5. The number of aliphatic hydroxyl groups excluding tert-OH is 2. The van der Waals surface area contributed by atoms with Crippen molar-refractivity contribution in [1.29, 1.82) is 10.5 Å². The molecule has 4 N–H and O–H groups in total. The fourth-order valence-electron chi connectivity index (χ4n) is 16.1. The molecule has 0 atom stereocenters. The standard InChI is InChI=1S/C29H28N6O2.C24H30N2O5.C18H23N3O2.C12H10N2O3.C11H7N3O.C11H21NO3.2C4H8O/c1-34-12-10-21(11-13-34)20-37-26-17-31-29(32-18-26)25-7-3-5-23(15-25)19-35-28(36)9-8-27(33-35)24-6-2-4-22(14-24)16-30;1-24(2,3)31-23(28)17-10-8-16(9-11-17)15-30-20-13-25-21(26-14-20)18-6-5-7-19(12-18)22(27)29-4;1-21-7-5-14(6-8-21)13-23-17-10-19-18(20-11-17)16-4-2-3-15(9-16)12-22;1-17-12(16)9-4-2-3-8(5-9)11-13-6-10(15)7-14-11;12-7-8-2-1-3-9(6-8)10-4-5-11(15)14-13-10;1-11(2,3)15-10(14)12-6-4-9(8-13)5-7-12;2*1-2-4-5-3-1/h2-9,14-15,17-18,21H,10-13,19-20H2,1H3;5-7,12-14,16-17H,8-11,15H2,1-4H3;2-4,9-11,14,22H,5-8,12-13H2,1H3;2-7,15H,1H3;1-6H,(H,14,15);9,13H,4-8H2,1-3H3;2*1-4H2. The second-order valence-corrected chi connectivity index (χ2v) is 38.5. The lowest BCUT2D eigenvalue weighted by atomic mass is 9.82. The summed E-state index contributed by atoms with van der Waals surface area (Å²) in [5, 5.41) is 55.9. The number of benzene rings is 6. The maximum atomic E-state index is 12.5. The van der Waals surface area contributed by atoms with Gasteiger partial charge in [-0.1, -0.05) is 84.9 Å². The Kier molecular flexibility index (Phi) is 45.2. The van der Waals surface area contributed by atoms with Crippen molar-refractivity contribution in [2.45, 2.75) is 156 Å². The zero-order chi connectivity index (χ0) is 106. The molecule has 6 fully saturated rings. The zero-order valence-corrected chi connectivity index (χ0v) is 86.0. The molecule has 1 saturated carbocycles. The first-order chi connectivity index (χ1) is 71.5. The third-order valence-corrected chi connectivity index (χ3v) is 24.5. The van der Waals surface area contributed by atoms with Crippen molar-refractivity contribution < 1.29 is 77.1 Å². The van der Waals surface area contributed by atoms with Gasteiger partial charge in [0.1, 0.15) is 11.2 Å². The Morgan fingerprint density at radius 1 is 0.439 bits per heavy atom. The number of aromatic amines is 1. The number of nitrogens with one attached hydrogen (secondary N) is 1. The number of likely N-dealkylation sites (tertiary alicyclic amines) is 3. The summed E-state index contributed by atoms with van der Waals surface area (Å²) in [5.74, 6) is 5.19. The Morgan fingerprint density at radius 2 is 0.824 bits per heavy atom. The Morgan fingerprint density at radius 3 is 1.22 bits per heavy atom. The van der Waals surface area contributed by atoms with Gasteiger partial charge in [0.15, 0.2) is 46.3 Å². The molecule has 0 unspecified atom stereocenters. The van der Waals surface area contributed by atoms with Crippen LogP contribution in [0.5, 0.6) is 23.0 Å². The first kappa shape index (κ1) is 113. The summed E-state index contributed by atoms with van der Waals surface area (Å²) in [6.07, 6.45) is 27.6. The molecule has 780 valence electrons. The van der Waals surface area contributed by atoms with E-state index in [1.54, 1.807) is 133 Å². The number of carbonyl (C=O) groups is 4. The average molecular weight is 2020 g/mol. The van der Waals surface area contributed by atoms with Crippen LogP contribution in [0.4, 0.5) is 4.79 Å². The van der Waals surface area contributed by atoms with E-state index < -0.39 is 23.1 Å². The number of H-pyrrole nitrogens is 1. The van der Waals surface area contributed by atoms with E-state index in [-0.39, 0.29) is 48.1 Å². The number of hydrogen-bond acceptors (Lipinski definition) is 32. The number of aromatic nitrogens is 12. The van der Waals surface area contributed by atoms with Crippen LogP contribution in [0.15, 0.2) is 229 Å². The summed E-state index contributed by atoms with van der Waals surface area (Å²) >= 11 is 0. The highest BCUT2D eigenvalue weighted by atomic mass is 16.6. The SMILES string of the molecule is C1CCOC1.C1CCOC1.CC(C)(C)OC(=O)N1CCC(CO)CC1.CN1CCC(COc2cnc(-c3cccc(CO)c3)nc2)CC1.CN1CCC(COc2cnc(-c3cccc(Cn4nc(-c5cccc(C#N)c5)ccc4=O)c3)nc2)CC1.COC(=O)c1cccc(-c2ncc(O)cn2)c1.COC(=O)c1cccc(-c2ncc(OCC3CCC(C(=O)OC(C)(C)C)CC3)cn2)c1.N#Cc1cccc(-c2ccc(=O)[nH]n2)c1. The first-order valence-electron chi connectivity index (χ1n) is 50.0. The Bertz CT molecular complexity index is 6310. The van der Waals surface area contributed by atoms with E-state index in [0.717, 1.165) is 150 Å². The van der Waals surface area contributed by atoms with Crippen LogP contribution < -0.4 is 25.3 Å². The molecule has 35 heteroatoms. The topological polar surface area (TPSA) is 453 Å². The van der Waals surface area contributed by atoms with Gasteiger partial charge in [-0.05, 0) is 279 Å². The fraction of sp³-hybridized carbons (Fsp3) is 0.416. The van der Waals surface area contributed by atoms with Crippen molar-refractivity contribution in [2.24, 2.45) is 29.6 Å².